The first kappa shape index (κ1) is 13.6. The number of hydrogen-bond donors (Lipinski definition) is 1. The number of rotatable bonds is 3. The molecule has 1 aromatic rings. The van der Waals surface area contributed by atoms with Gasteiger partial charge in [0.25, 0.3) is 0 Å². The Morgan fingerprint density at radius 1 is 1.42 bits per heavy atom. The molecule has 0 spiro atoms. The fourth-order valence-electron chi connectivity index (χ4n) is 2.52. The summed E-state index contributed by atoms with van der Waals surface area (Å²) in [5, 5.41) is 8.93. The van der Waals surface area contributed by atoms with E-state index in [1.54, 1.807) is 24.3 Å². The van der Waals surface area contributed by atoms with Crippen molar-refractivity contribution in [3.05, 3.63) is 35.4 Å². The third kappa shape index (κ3) is 3.56. The Hall–Kier alpha value is -1.84. The molecule has 102 valence electrons. The van der Waals surface area contributed by atoms with Crippen LogP contribution in [0.25, 0.3) is 0 Å². The van der Waals surface area contributed by atoms with E-state index in [0.29, 0.717) is 5.92 Å². The minimum absolute atomic E-state index is 0.0917. The molecular weight excluding hydrogens is 242 g/mol. The zero-order valence-electron chi connectivity index (χ0n) is 11.1. The Morgan fingerprint density at radius 2 is 2.21 bits per heavy atom. The number of carbonyl (C=O) groups excluding carboxylic acids is 1. The number of likely N-dealkylation sites (tertiary alicyclic amines) is 1. The van der Waals surface area contributed by atoms with Crippen LogP contribution in [-0.4, -0.2) is 35.0 Å². The van der Waals surface area contributed by atoms with Crippen molar-refractivity contribution in [3.8, 4) is 0 Å². The molecule has 1 atom stereocenters. The van der Waals surface area contributed by atoms with Crippen LogP contribution in [0.1, 0.15) is 35.7 Å². The Bertz CT molecular complexity index is 484. The lowest BCUT2D eigenvalue weighted by atomic mass is 9.99. The van der Waals surface area contributed by atoms with E-state index >= 15 is 0 Å². The van der Waals surface area contributed by atoms with Gasteiger partial charge in [0, 0.05) is 13.1 Å². The molecule has 1 aliphatic rings. The van der Waals surface area contributed by atoms with E-state index in [2.05, 4.69) is 6.92 Å². The summed E-state index contributed by atoms with van der Waals surface area (Å²) in [6.45, 7) is 3.80. The quantitative estimate of drug-likeness (QED) is 0.907. The zero-order valence-corrected chi connectivity index (χ0v) is 11.1. The van der Waals surface area contributed by atoms with E-state index in [9.17, 15) is 9.59 Å². The summed E-state index contributed by atoms with van der Waals surface area (Å²) in [7, 11) is 0. The summed E-state index contributed by atoms with van der Waals surface area (Å²) in [6.07, 6.45) is 2.52. The van der Waals surface area contributed by atoms with Crippen LogP contribution < -0.4 is 0 Å². The summed E-state index contributed by atoms with van der Waals surface area (Å²) < 4.78 is 0. The number of piperidine rings is 1. The Labute approximate surface area is 113 Å². The number of carbonyl (C=O) groups is 2. The van der Waals surface area contributed by atoms with Gasteiger partial charge in [-0.15, -0.1) is 0 Å². The molecule has 1 aromatic carbocycles. The van der Waals surface area contributed by atoms with Crippen LogP contribution in [0.2, 0.25) is 0 Å². The second kappa shape index (κ2) is 5.87. The number of benzene rings is 1. The monoisotopic (exact) mass is 261 g/mol. The third-order valence-corrected chi connectivity index (χ3v) is 3.54. The lowest BCUT2D eigenvalue weighted by Crippen LogP contribution is -2.39. The first-order valence-electron chi connectivity index (χ1n) is 6.66. The van der Waals surface area contributed by atoms with Crippen LogP contribution in [0.3, 0.4) is 0 Å². The second-order valence-corrected chi connectivity index (χ2v) is 5.27. The number of carboxylic acid groups (broad SMARTS) is 1. The number of hydrogen-bond acceptors (Lipinski definition) is 2. The van der Waals surface area contributed by atoms with Crippen LogP contribution in [-0.2, 0) is 11.2 Å². The predicted octanol–water partition coefficient (Wildman–Crippen LogP) is 2.19. The Balaban J connectivity index is 2.02. The van der Waals surface area contributed by atoms with Crippen molar-refractivity contribution in [2.24, 2.45) is 5.92 Å². The maximum atomic E-state index is 12.2. The SMILES string of the molecule is CC1CCCN(C(=O)Cc2cccc(C(=O)O)c2)C1. The Kier molecular flexibility index (Phi) is 4.20. The number of amides is 1. The van der Waals surface area contributed by atoms with Crippen LogP contribution in [0, 0.1) is 5.92 Å². The summed E-state index contributed by atoms with van der Waals surface area (Å²) >= 11 is 0. The predicted molar refractivity (Wildman–Crippen MR) is 72.1 cm³/mol. The highest BCUT2D eigenvalue weighted by molar-refractivity contribution is 5.88. The molecule has 0 aliphatic carbocycles. The van der Waals surface area contributed by atoms with Gasteiger partial charge in [0.2, 0.25) is 5.91 Å². The number of aromatic carboxylic acids is 1. The standard InChI is InChI=1S/C15H19NO3/c1-11-4-3-7-16(10-11)14(17)9-12-5-2-6-13(8-12)15(18)19/h2,5-6,8,11H,3-4,7,9-10H2,1H3,(H,18,19). The highest BCUT2D eigenvalue weighted by Crippen LogP contribution is 2.17. The van der Waals surface area contributed by atoms with Gasteiger partial charge >= 0.3 is 5.97 Å². The second-order valence-electron chi connectivity index (χ2n) is 5.27. The molecule has 1 saturated heterocycles. The van der Waals surface area contributed by atoms with Crippen molar-refractivity contribution >= 4 is 11.9 Å². The van der Waals surface area contributed by atoms with Crippen molar-refractivity contribution in [1.82, 2.24) is 4.90 Å². The highest BCUT2D eigenvalue weighted by atomic mass is 16.4. The average Bonchev–Trinajstić information content (AvgIpc) is 2.39. The molecule has 0 radical (unpaired) electrons. The molecule has 1 fully saturated rings. The number of carboxylic acids is 1. The molecule has 1 unspecified atom stereocenters. The molecule has 2 rings (SSSR count). The highest BCUT2D eigenvalue weighted by Gasteiger charge is 2.21. The smallest absolute Gasteiger partial charge is 0.335 e. The molecule has 0 aromatic heterocycles. The minimum Gasteiger partial charge on any atom is -0.478 e. The molecule has 4 nitrogen and oxygen atoms in total. The van der Waals surface area contributed by atoms with Crippen LogP contribution in [0.4, 0.5) is 0 Å². The Morgan fingerprint density at radius 3 is 2.89 bits per heavy atom. The lowest BCUT2D eigenvalue weighted by molar-refractivity contribution is -0.132. The maximum absolute atomic E-state index is 12.2. The summed E-state index contributed by atoms with van der Waals surface area (Å²) in [5.74, 6) is -0.307. The van der Waals surface area contributed by atoms with Crippen LogP contribution in [0.5, 0.6) is 0 Å². The van der Waals surface area contributed by atoms with Crippen molar-refractivity contribution in [2.45, 2.75) is 26.2 Å². The molecule has 19 heavy (non-hydrogen) atoms. The largest absolute Gasteiger partial charge is 0.478 e. The van der Waals surface area contributed by atoms with E-state index in [1.165, 1.54) is 6.42 Å². The maximum Gasteiger partial charge on any atom is 0.335 e. The van der Waals surface area contributed by atoms with Gasteiger partial charge in [0.1, 0.15) is 0 Å². The van der Waals surface area contributed by atoms with Crippen LogP contribution in [0.15, 0.2) is 24.3 Å². The molecule has 1 aliphatic heterocycles. The van der Waals surface area contributed by atoms with Gasteiger partial charge in [-0.2, -0.15) is 0 Å². The third-order valence-electron chi connectivity index (χ3n) is 3.54. The van der Waals surface area contributed by atoms with Crippen molar-refractivity contribution in [1.29, 1.82) is 0 Å². The van der Waals surface area contributed by atoms with Crippen LogP contribution >= 0.6 is 0 Å². The molecule has 0 saturated carbocycles. The number of nitrogens with zero attached hydrogens (tertiary/aromatic N) is 1. The van der Waals surface area contributed by atoms with E-state index in [1.807, 2.05) is 4.90 Å². The normalized spacial score (nSPS) is 19.2. The average molecular weight is 261 g/mol. The van der Waals surface area contributed by atoms with Gasteiger partial charge in [-0.1, -0.05) is 19.1 Å². The first-order valence-corrected chi connectivity index (χ1v) is 6.66. The molecule has 4 heteroatoms. The lowest BCUT2D eigenvalue weighted by Gasteiger charge is -2.31. The van der Waals surface area contributed by atoms with Gasteiger partial charge in [-0.05, 0) is 36.5 Å². The van der Waals surface area contributed by atoms with Gasteiger partial charge in [-0.3, -0.25) is 4.79 Å². The molecule has 1 heterocycles. The molecular formula is C15H19NO3. The van der Waals surface area contributed by atoms with E-state index in [0.717, 1.165) is 25.1 Å². The van der Waals surface area contributed by atoms with Crippen molar-refractivity contribution in [2.75, 3.05) is 13.1 Å². The fraction of sp³-hybridized carbons (Fsp3) is 0.467. The zero-order chi connectivity index (χ0) is 13.8. The minimum atomic E-state index is -0.958. The van der Waals surface area contributed by atoms with Crippen molar-refractivity contribution in [3.63, 3.8) is 0 Å². The van der Waals surface area contributed by atoms with E-state index in [-0.39, 0.29) is 17.9 Å². The van der Waals surface area contributed by atoms with Gasteiger partial charge in [0.15, 0.2) is 0 Å². The summed E-state index contributed by atoms with van der Waals surface area (Å²) in [6, 6.07) is 6.61. The summed E-state index contributed by atoms with van der Waals surface area (Å²) in [5.41, 5.74) is 1.00. The van der Waals surface area contributed by atoms with E-state index in [4.69, 9.17) is 5.11 Å². The van der Waals surface area contributed by atoms with Gasteiger partial charge in [0.05, 0.1) is 12.0 Å². The molecule has 0 bridgehead atoms. The first-order chi connectivity index (χ1) is 9.06. The molecule has 1 amide bonds. The van der Waals surface area contributed by atoms with Gasteiger partial charge < -0.3 is 10.0 Å². The topological polar surface area (TPSA) is 57.6 Å². The van der Waals surface area contributed by atoms with E-state index < -0.39 is 5.97 Å². The summed E-state index contributed by atoms with van der Waals surface area (Å²) in [4.78, 5) is 25.0. The molecule has 1 N–H and O–H groups in total. The van der Waals surface area contributed by atoms with Crippen molar-refractivity contribution < 1.29 is 14.7 Å². The van der Waals surface area contributed by atoms with Gasteiger partial charge in [-0.25, -0.2) is 4.79 Å². The fourth-order valence-corrected chi connectivity index (χ4v) is 2.52.